The summed E-state index contributed by atoms with van der Waals surface area (Å²) in [5.74, 6) is -3.34. The molecule has 0 aliphatic carbocycles. The van der Waals surface area contributed by atoms with Gasteiger partial charge in [-0.2, -0.15) is 13.8 Å². The number of halogens is 2. The Morgan fingerprint density at radius 3 is 2.41 bits per heavy atom. The van der Waals surface area contributed by atoms with Crippen molar-refractivity contribution in [3.05, 3.63) is 80.5 Å². The van der Waals surface area contributed by atoms with Gasteiger partial charge in [-0.05, 0) is 129 Å². The summed E-state index contributed by atoms with van der Waals surface area (Å²) in [5, 5.41) is 10.3. The molecule has 2 aliphatic rings. The number of hydrogen-bond donors (Lipinski definition) is 3. The van der Waals surface area contributed by atoms with E-state index in [0.29, 0.717) is 22.3 Å². The Kier molecular flexibility index (Phi) is 13.1. The molecular formula is C37H52F2N3O8P. The first-order chi connectivity index (χ1) is 23.8. The topological polar surface area (TPSA) is 155 Å². The maximum atomic E-state index is 14.9. The first kappa shape index (κ1) is 40.4. The van der Waals surface area contributed by atoms with Gasteiger partial charge in [-0.3, -0.25) is 14.0 Å². The molecule has 0 bridgehead atoms. The first-order valence-electron chi connectivity index (χ1n) is 17.3. The molecule has 11 nitrogen and oxygen atoms in total. The van der Waals surface area contributed by atoms with Crippen molar-refractivity contribution < 1.29 is 41.9 Å². The maximum absolute atomic E-state index is 14.9. The second kappa shape index (κ2) is 16.5. The number of benzene rings is 1. The molecule has 282 valence electrons. The number of nitrogen functional groups attached to an aromatic ring is 1. The number of phosphoric acid groups is 1. The van der Waals surface area contributed by atoms with E-state index in [1.807, 2.05) is 6.92 Å². The number of aryl methyl sites for hydroxylation is 1. The van der Waals surface area contributed by atoms with E-state index in [2.05, 4.69) is 57.8 Å². The second-order valence-corrected chi connectivity index (χ2v) is 15.6. The van der Waals surface area contributed by atoms with Crippen molar-refractivity contribution in [3.8, 4) is 11.5 Å². The molecular weight excluding hydrogens is 683 g/mol. The van der Waals surface area contributed by atoms with Crippen molar-refractivity contribution in [3.63, 3.8) is 0 Å². The quantitative estimate of drug-likeness (QED) is 0.122. The average Bonchev–Trinajstić information content (AvgIpc) is 3.26. The molecule has 0 amide bonds. The van der Waals surface area contributed by atoms with Gasteiger partial charge in [-0.1, -0.05) is 34.9 Å². The predicted octanol–water partition coefficient (Wildman–Crippen LogP) is 7.82. The molecule has 0 radical (unpaired) electrons. The maximum Gasteiger partial charge on any atom is 0.527 e. The third kappa shape index (κ3) is 10.4. The van der Waals surface area contributed by atoms with Crippen LogP contribution < -0.4 is 20.7 Å². The number of nitrogens with zero attached hydrogens (tertiary/aromatic N) is 2. The van der Waals surface area contributed by atoms with Crippen LogP contribution in [0.3, 0.4) is 0 Å². The molecule has 1 aromatic heterocycles. The summed E-state index contributed by atoms with van der Waals surface area (Å²) in [6.45, 7) is 13.3. The number of nitrogens with two attached hydrogens (primary N) is 1. The molecule has 1 aromatic carbocycles. The third-order valence-corrected chi connectivity index (χ3v) is 10.4. The Morgan fingerprint density at radius 1 is 1.12 bits per heavy atom. The number of rotatable bonds is 15. The Labute approximate surface area is 298 Å². The highest BCUT2D eigenvalue weighted by molar-refractivity contribution is 7.47. The van der Waals surface area contributed by atoms with Gasteiger partial charge in [-0.15, -0.1) is 0 Å². The van der Waals surface area contributed by atoms with Crippen LogP contribution in [0.4, 0.5) is 14.6 Å². The number of fused-ring (bicyclic) bond motifs is 1. The molecule has 5 atom stereocenters. The molecule has 0 spiro atoms. The van der Waals surface area contributed by atoms with Crippen LogP contribution in [-0.2, 0) is 20.2 Å². The lowest BCUT2D eigenvalue weighted by Gasteiger charge is -2.37. The van der Waals surface area contributed by atoms with Crippen molar-refractivity contribution >= 4 is 13.6 Å². The molecule has 4 rings (SSSR count). The van der Waals surface area contributed by atoms with Crippen molar-refractivity contribution in [2.24, 2.45) is 0 Å². The van der Waals surface area contributed by atoms with Gasteiger partial charge in [0.1, 0.15) is 29.0 Å². The number of phosphoric ester groups is 1. The number of alkyl halides is 2. The summed E-state index contributed by atoms with van der Waals surface area (Å²) in [6.07, 6.45) is 8.69. The number of allylic oxidation sites excluding steroid dienone is 6. The van der Waals surface area contributed by atoms with E-state index in [1.165, 1.54) is 16.7 Å². The Bertz CT molecular complexity index is 1770. The number of aliphatic hydroxyl groups is 1. The van der Waals surface area contributed by atoms with E-state index in [9.17, 15) is 28.1 Å². The van der Waals surface area contributed by atoms with E-state index < -0.39 is 50.1 Å². The van der Waals surface area contributed by atoms with Crippen molar-refractivity contribution in [2.75, 3.05) is 12.3 Å². The number of aliphatic hydroxyl groups excluding tert-OH is 1. The van der Waals surface area contributed by atoms with Crippen LogP contribution in [0.2, 0.25) is 0 Å². The Morgan fingerprint density at radius 2 is 1.76 bits per heavy atom. The van der Waals surface area contributed by atoms with Gasteiger partial charge in [0.25, 0.3) is 0 Å². The minimum Gasteiger partial charge on any atom is -0.487 e. The first-order valence-corrected chi connectivity index (χ1v) is 18.8. The molecule has 51 heavy (non-hydrogen) atoms. The molecule has 14 heteroatoms. The predicted molar refractivity (Wildman–Crippen MR) is 192 cm³/mol. The van der Waals surface area contributed by atoms with Crippen LogP contribution in [-0.4, -0.2) is 49.9 Å². The smallest absolute Gasteiger partial charge is 0.487 e. The van der Waals surface area contributed by atoms with Gasteiger partial charge in [-0.25, -0.2) is 9.36 Å². The molecule has 2 aliphatic heterocycles. The minimum absolute atomic E-state index is 0.0830. The fourth-order valence-corrected chi connectivity index (χ4v) is 7.04. The second-order valence-electron chi connectivity index (χ2n) is 14.2. The normalized spacial score (nSPS) is 24.4. The van der Waals surface area contributed by atoms with Crippen LogP contribution in [0, 0.1) is 13.8 Å². The summed E-state index contributed by atoms with van der Waals surface area (Å²) in [6, 6.07) is 2.75. The largest absolute Gasteiger partial charge is 0.527 e. The van der Waals surface area contributed by atoms with E-state index in [0.717, 1.165) is 68.3 Å². The van der Waals surface area contributed by atoms with Crippen molar-refractivity contribution in [2.45, 2.75) is 130 Å². The lowest BCUT2D eigenvalue weighted by atomic mass is 9.87. The lowest BCUT2D eigenvalue weighted by Crippen LogP contribution is -2.42. The molecule has 3 unspecified atom stereocenters. The lowest BCUT2D eigenvalue weighted by molar-refractivity contribution is -0.140. The zero-order valence-corrected chi connectivity index (χ0v) is 31.5. The number of anilines is 1. The average molecular weight is 736 g/mol. The van der Waals surface area contributed by atoms with Crippen molar-refractivity contribution in [1.29, 1.82) is 0 Å². The van der Waals surface area contributed by atoms with Crippen LogP contribution in [0.5, 0.6) is 11.5 Å². The van der Waals surface area contributed by atoms with Gasteiger partial charge in [0.05, 0.1) is 6.61 Å². The highest BCUT2D eigenvalue weighted by Gasteiger charge is 2.60. The van der Waals surface area contributed by atoms with E-state index in [-0.39, 0.29) is 11.6 Å². The van der Waals surface area contributed by atoms with Crippen LogP contribution in [0.15, 0.2) is 58.1 Å². The SMILES string of the molecule is CC(C)=CCC/C(C)=C/CC/C(C)=C/CCC1(C)CCc2cc(OP(=O)(O)OC[C@H]3O[C@@H](n4ccc(N)nc4=O)C(F)(F)C3O)c(C)c(C)c2O1. The summed E-state index contributed by atoms with van der Waals surface area (Å²) in [7, 11) is -4.89. The van der Waals surface area contributed by atoms with Gasteiger partial charge < -0.3 is 24.8 Å². The molecule has 2 aromatic rings. The molecule has 0 saturated carbocycles. The van der Waals surface area contributed by atoms with E-state index in [1.54, 1.807) is 13.0 Å². The third-order valence-electron chi connectivity index (χ3n) is 9.53. The van der Waals surface area contributed by atoms with Gasteiger partial charge >= 0.3 is 19.4 Å². The summed E-state index contributed by atoms with van der Waals surface area (Å²) in [5.41, 5.74) is 10.1. The summed E-state index contributed by atoms with van der Waals surface area (Å²) < 4.78 is 65.4. The van der Waals surface area contributed by atoms with Gasteiger partial charge in [0.15, 0.2) is 6.10 Å². The summed E-state index contributed by atoms with van der Waals surface area (Å²) >= 11 is 0. The van der Waals surface area contributed by atoms with Crippen LogP contribution in [0.25, 0.3) is 0 Å². The molecule has 4 N–H and O–H groups in total. The number of ether oxygens (including phenoxy) is 2. The zero-order valence-electron chi connectivity index (χ0n) is 30.6. The zero-order chi connectivity index (χ0) is 37.7. The monoisotopic (exact) mass is 735 g/mol. The molecule has 1 fully saturated rings. The highest BCUT2D eigenvalue weighted by atomic mass is 31.2. The van der Waals surface area contributed by atoms with E-state index >= 15 is 0 Å². The van der Waals surface area contributed by atoms with Crippen LogP contribution in [0.1, 0.15) is 102 Å². The van der Waals surface area contributed by atoms with Crippen molar-refractivity contribution in [1.82, 2.24) is 9.55 Å². The van der Waals surface area contributed by atoms with E-state index in [4.69, 9.17) is 24.3 Å². The Hall–Kier alpha value is -3.35. The summed E-state index contributed by atoms with van der Waals surface area (Å²) in [4.78, 5) is 26.1. The fraction of sp³-hybridized carbons (Fsp3) is 0.568. The van der Waals surface area contributed by atoms with Gasteiger partial charge in [0, 0.05) is 6.20 Å². The molecule has 3 heterocycles. The number of hydrogen-bond acceptors (Lipinski definition) is 9. The standard InChI is InChI=1S/C37H52F2N3O8P/c1-23(2)11-8-12-24(3)13-9-14-25(4)15-10-18-36(7)19-16-28-21-29(26(5)27(6)32(28)49-36)50-51(45,46)47-22-30-33(43)37(38,39)34(48-30)42-20-17-31(40)41-35(42)44/h11,13,15,17,20-21,30,33-34,43H,8-10,12,14,16,18-19,22H2,1-7H3,(H,45,46)(H2,40,41,44)/b24-13+,25-15+/t30-,33?,34-,36?/m1/s1. The fourth-order valence-electron chi connectivity index (χ4n) is 6.21. The molecule has 1 saturated heterocycles. The highest BCUT2D eigenvalue weighted by Crippen LogP contribution is 2.50. The van der Waals surface area contributed by atoms with Crippen LogP contribution >= 0.6 is 7.82 Å². The van der Waals surface area contributed by atoms with Gasteiger partial charge in [0.2, 0.25) is 6.23 Å². The minimum atomic E-state index is -4.89. The number of aromatic nitrogens is 2. The Balaban J connectivity index is 1.33.